The molecule has 0 aliphatic heterocycles. The van der Waals surface area contributed by atoms with Gasteiger partial charge in [0, 0.05) is 17.8 Å². The van der Waals surface area contributed by atoms with Crippen LogP contribution in [0.25, 0.3) is 0 Å². The maximum absolute atomic E-state index is 11.8. The van der Waals surface area contributed by atoms with E-state index in [1.54, 1.807) is 32.9 Å². The molecule has 108 valence electrons. The Hall–Kier alpha value is -1.11. The highest BCUT2D eigenvalue weighted by atomic mass is 32.2. The van der Waals surface area contributed by atoms with Gasteiger partial charge in [-0.1, -0.05) is 19.1 Å². The lowest BCUT2D eigenvalue weighted by Crippen LogP contribution is -2.43. The maximum Gasteiger partial charge on any atom is 0.299 e. The van der Waals surface area contributed by atoms with Gasteiger partial charge in [0.05, 0.1) is 0 Å². The summed E-state index contributed by atoms with van der Waals surface area (Å²) in [5, 5.41) is 3.21. The van der Waals surface area contributed by atoms with Crippen LogP contribution in [0.2, 0.25) is 0 Å². The van der Waals surface area contributed by atoms with E-state index in [4.69, 9.17) is 0 Å². The van der Waals surface area contributed by atoms with Crippen LogP contribution in [0.4, 0.5) is 5.69 Å². The number of anilines is 1. The first-order valence-corrected chi connectivity index (χ1v) is 7.81. The van der Waals surface area contributed by atoms with Crippen LogP contribution in [-0.4, -0.2) is 20.5 Å². The standard InChI is InChI=1S/C13H23N3O2S/c1-5-14-10-11-6-8-12(9-7-11)15-19(17,18)16-13(2,3)4/h6-9,14-16H,5,10H2,1-4H3. The normalized spacial score (nSPS) is 12.4. The summed E-state index contributed by atoms with van der Waals surface area (Å²) in [4.78, 5) is 0. The minimum Gasteiger partial charge on any atom is -0.313 e. The van der Waals surface area contributed by atoms with Gasteiger partial charge in [-0.2, -0.15) is 13.1 Å². The van der Waals surface area contributed by atoms with Gasteiger partial charge in [-0.05, 0) is 45.0 Å². The van der Waals surface area contributed by atoms with Crippen LogP contribution < -0.4 is 14.8 Å². The highest BCUT2D eigenvalue weighted by Crippen LogP contribution is 2.12. The molecule has 0 fully saturated rings. The average molecular weight is 285 g/mol. The first-order chi connectivity index (χ1) is 8.72. The van der Waals surface area contributed by atoms with Gasteiger partial charge < -0.3 is 5.32 Å². The lowest BCUT2D eigenvalue weighted by Gasteiger charge is -2.20. The zero-order chi connectivity index (χ0) is 14.5. The fraction of sp³-hybridized carbons (Fsp3) is 0.538. The molecule has 6 heteroatoms. The van der Waals surface area contributed by atoms with Gasteiger partial charge in [-0.3, -0.25) is 4.72 Å². The van der Waals surface area contributed by atoms with E-state index in [0.717, 1.165) is 18.7 Å². The van der Waals surface area contributed by atoms with Crippen LogP contribution >= 0.6 is 0 Å². The summed E-state index contributed by atoms with van der Waals surface area (Å²) in [5.41, 5.74) is 1.17. The second-order valence-corrected chi connectivity index (χ2v) is 6.85. The Morgan fingerprint density at radius 3 is 2.16 bits per heavy atom. The Bertz CT molecular complexity index is 490. The lowest BCUT2D eigenvalue weighted by atomic mass is 10.1. The molecule has 1 rings (SSSR count). The number of rotatable bonds is 6. The van der Waals surface area contributed by atoms with Crippen molar-refractivity contribution in [3.05, 3.63) is 29.8 Å². The first-order valence-electron chi connectivity index (χ1n) is 6.33. The monoisotopic (exact) mass is 285 g/mol. The molecule has 0 radical (unpaired) electrons. The van der Waals surface area contributed by atoms with E-state index in [9.17, 15) is 8.42 Å². The molecular weight excluding hydrogens is 262 g/mol. The quantitative estimate of drug-likeness (QED) is 0.747. The van der Waals surface area contributed by atoms with Gasteiger partial charge in [-0.15, -0.1) is 0 Å². The van der Waals surface area contributed by atoms with Crippen molar-refractivity contribution in [2.75, 3.05) is 11.3 Å². The smallest absolute Gasteiger partial charge is 0.299 e. The molecule has 0 aromatic heterocycles. The summed E-state index contributed by atoms with van der Waals surface area (Å²) < 4.78 is 28.7. The van der Waals surface area contributed by atoms with Crippen molar-refractivity contribution in [2.24, 2.45) is 0 Å². The Kier molecular flexibility index (Phi) is 5.34. The molecule has 0 saturated carbocycles. The molecule has 0 heterocycles. The van der Waals surface area contributed by atoms with Crippen LogP contribution in [0, 0.1) is 0 Å². The van der Waals surface area contributed by atoms with Crippen molar-refractivity contribution in [3.8, 4) is 0 Å². The van der Waals surface area contributed by atoms with Gasteiger partial charge in [0.2, 0.25) is 0 Å². The van der Waals surface area contributed by atoms with E-state index >= 15 is 0 Å². The van der Waals surface area contributed by atoms with Crippen LogP contribution in [-0.2, 0) is 16.8 Å². The van der Waals surface area contributed by atoms with Crippen molar-refractivity contribution >= 4 is 15.9 Å². The van der Waals surface area contributed by atoms with Crippen molar-refractivity contribution in [3.63, 3.8) is 0 Å². The summed E-state index contributed by atoms with van der Waals surface area (Å²) >= 11 is 0. The highest BCUT2D eigenvalue weighted by molar-refractivity contribution is 7.90. The maximum atomic E-state index is 11.8. The first kappa shape index (κ1) is 15.9. The van der Waals surface area contributed by atoms with Gasteiger partial charge >= 0.3 is 0 Å². The van der Waals surface area contributed by atoms with Gasteiger partial charge in [-0.25, -0.2) is 0 Å². The minimum atomic E-state index is -3.54. The lowest BCUT2D eigenvalue weighted by molar-refractivity contribution is 0.494. The molecule has 0 aliphatic rings. The van der Waals surface area contributed by atoms with Crippen molar-refractivity contribution in [2.45, 2.75) is 39.8 Å². The molecule has 5 nitrogen and oxygen atoms in total. The third-order valence-corrected chi connectivity index (χ3v) is 3.61. The Morgan fingerprint density at radius 2 is 1.68 bits per heavy atom. The zero-order valence-corrected chi connectivity index (χ0v) is 12.8. The zero-order valence-electron chi connectivity index (χ0n) is 11.9. The van der Waals surface area contributed by atoms with E-state index in [1.807, 2.05) is 19.1 Å². The van der Waals surface area contributed by atoms with Gasteiger partial charge in [0.25, 0.3) is 10.2 Å². The summed E-state index contributed by atoms with van der Waals surface area (Å²) in [6.07, 6.45) is 0. The number of nitrogens with one attached hydrogen (secondary N) is 3. The second kappa shape index (κ2) is 6.36. The predicted octanol–water partition coefficient (Wildman–Crippen LogP) is 1.84. The third kappa shape index (κ3) is 6.56. The molecule has 0 unspecified atom stereocenters. The predicted molar refractivity (Wildman–Crippen MR) is 79.3 cm³/mol. The van der Waals surface area contributed by atoms with Crippen LogP contribution in [0.3, 0.4) is 0 Å². The molecule has 0 aliphatic carbocycles. The van der Waals surface area contributed by atoms with Crippen molar-refractivity contribution < 1.29 is 8.42 Å². The molecule has 3 N–H and O–H groups in total. The number of benzene rings is 1. The fourth-order valence-corrected chi connectivity index (χ4v) is 2.85. The van der Waals surface area contributed by atoms with Gasteiger partial charge in [0.15, 0.2) is 0 Å². The van der Waals surface area contributed by atoms with Crippen LogP contribution in [0.1, 0.15) is 33.3 Å². The van der Waals surface area contributed by atoms with E-state index in [2.05, 4.69) is 14.8 Å². The number of hydrogen-bond acceptors (Lipinski definition) is 3. The topological polar surface area (TPSA) is 70.2 Å². The van der Waals surface area contributed by atoms with E-state index in [0.29, 0.717) is 5.69 Å². The third-order valence-electron chi connectivity index (χ3n) is 2.23. The Balaban J connectivity index is 2.67. The largest absolute Gasteiger partial charge is 0.313 e. The Labute approximate surface area is 116 Å². The molecule has 1 aromatic carbocycles. The molecule has 0 saturated heterocycles. The molecule has 1 aromatic rings. The molecule has 0 bridgehead atoms. The molecular formula is C13H23N3O2S. The second-order valence-electron chi connectivity index (χ2n) is 5.43. The van der Waals surface area contributed by atoms with E-state index < -0.39 is 15.7 Å². The Morgan fingerprint density at radius 1 is 1.11 bits per heavy atom. The van der Waals surface area contributed by atoms with Crippen molar-refractivity contribution in [1.29, 1.82) is 0 Å². The van der Waals surface area contributed by atoms with Crippen LogP contribution in [0.15, 0.2) is 24.3 Å². The molecule has 19 heavy (non-hydrogen) atoms. The van der Waals surface area contributed by atoms with E-state index in [1.165, 1.54) is 0 Å². The minimum absolute atomic E-state index is 0.503. The summed E-state index contributed by atoms with van der Waals surface area (Å²) in [6.45, 7) is 9.12. The molecule has 0 spiro atoms. The number of hydrogen-bond donors (Lipinski definition) is 3. The SMILES string of the molecule is CCNCc1ccc(NS(=O)(=O)NC(C)(C)C)cc1. The summed E-state index contributed by atoms with van der Waals surface area (Å²) in [6, 6.07) is 7.32. The van der Waals surface area contributed by atoms with Gasteiger partial charge in [0.1, 0.15) is 0 Å². The average Bonchev–Trinajstić information content (AvgIpc) is 2.24. The van der Waals surface area contributed by atoms with Crippen LogP contribution in [0.5, 0.6) is 0 Å². The molecule has 0 atom stereocenters. The summed E-state index contributed by atoms with van der Waals surface area (Å²) in [5.74, 6) is 0. The highest BCUT2D eigenvalue weighted by Gasteiger charge is 2.19. The van der Waals surface area contributed by atoms with Crippen molar-refractivity contribution in [1.82, 2.24) is 10.0 Å². The molecule has 0 amide bonds. The fourth-order valence-electron chi connectivity index (χ4n) is 1.54. The summed E-state index contributed by atoms with van der Waals surface area (Å²) in [7, 11) is -3.54. The van der Waals surface area contributed by atoms with E-state index in [-0.39, 0.29) is 0 Å².